The Morgan fingerprint density at radius 1 is 1.00 bits per heavy atom. The molecule has 2 amide bonds. The number of carbonyl (C=O) groups is 3. The zero-order valence-electron chi connectivity index (χ0n) is 17.7. The highest BCUT2D eigenvalue weighted by atomic mass is 16.6. The standard InChI is InChI=1S/C22H25N3O7/c1-14(2)19(24-22(29)32-13-16-6-4-3-5-7-16)20(26)23-18(21(27)28)12-15-8-10-17(11-9-15)25(30)31/h3-11,14,18-19H,12-13H2,1-2H3,(H,23,26)(H,24,29)(H,27,28)/t18-,19-/m1/s1. The van der Waals surface area contributed by atoms with Gasteiger partial charge >= 0.3 is 12.1 Å². The zero-order valence-corrected chi connectivity index (χ0v) is 17.7. The van der Waals surface area contributed by atoms with Crippen molar-refractivity contribution >= 4 is 23.7 Å². The maximum absolute atomic E-state index is 12.7. The highest BCUT2D eigenvalue weighted by Crippen LogP contribution is 2.14. The number of nitro benzene ring substituents is 1. The summed E-state index contributed by atoms with van der Waals surface area (Å²) in [4.78, 5) is 46.7. The van der Waals surface area contributed by atoms with E-state index in [4.69, 9.17) is 4.74 Å². The average molecular weight is 443 g/mol. The molecule has 2 aromatic rings. The summed E-state index contributed by atoms with van der Waals surface area (Å²) in [6.45, 7) is 3.43. The smallest absolute Gasteiger partial charge is 0.408 e. The van der Waals surface area contributed by atoms with Gasteiger partial charge in [0.05, 0.1) is 4.92 Å². The summed E-state index contributed by atoms with van der Waals surface area (Å²) in [5.74, 6) is -2.29. The Morgan fingerprint density at radius 3 is 2.16 bits per heavy atom. The molecule has 2 atom stereocenters. The van der Waals surface area contributed by atoms with Crippen molar-refractivity contribution in [2.24, 2.45) is 5.92 Å². The molecular weight excluding hydrogens is 418 g/mol. The maximum Gasteiger partial charge on any atom is 0.408 e. The third-order valence-corrected chi connectivity index (χ3v) is 4.64. The third kappa shape index (κ3) is 7.38. The van der Waals surface area contributed by atoms with Gasteiger partial charge in [-0.05, 0) is 17.0 Å². The maximum atomic E-state index is 12.7. The van der Waals surface area contributed by atoms with E-state index in [1.165, 1.54) is 24.3 Å². The van der Waals surface area contributed by atoms with Gasteiger partial charge in [-0.3, -0.25) is 14.9 Å². The molecule has 0 saturated carbocycles. The SMILES string of the molecule is CC(C)[C@@H](NC(=O)OCc1ccccc1)C(=O)N[C@H](Cc1ccc([N+](=O)[O-])cc1)C(=O)O. The molecule has 170 valence electrons. The second-order valence-electron chi connectivity index (χ2n) is 7.45. The van der Waals surface area contributed by atoms with Crippen molar-refractivity contribution in [2.45, 2.75) is 39.0 Å². The quantitative estimate of drug-likeness (QED) is 0.378. The Labute approximate surface area is 184 Å². The Bertz CT molecular complexity index is 946. The lowest BCUT2D eigenvalue weighted by atomic mass is 10.0. The van der Waals surface area contributed by atoms with E-state index < -0.39 is 35.0 Å². The minimum Gasteiger partial charge on any atom is -0.480 e. The van der Waals surface area contributed by atoms with E-state index in [0.717, 1.165) is 5.56 Å². The van der Waals surface area contributed by atoms with Gasteiger partial charge in [-0.2, -0.15) is 0 Å². The lowest BCUT2D eigenvalue weighted by Gasteiger charge is -2.24. The first-order valence-corrected chi connectivity index (χ1v) is 9.91. The van der Waals surface area contributed by atoms with E-state index in [-0.39, 0.29) is 24.6 Å². The number of carbonyl (C=O) groups excluding carboxylic acids is 2. The van der Waals surface area contributed by atoms with E-state index in [1.54, 1.807) is 38.1 Å². The molecule has 3 N–H and O–H groups in total. The van der Waals surface area contributed by atoms with Gasteiger partial charge in [0.2, 0.25) is 5.91 Å². The summed E-state index contributed by atoms with van der Waals surface area (Å²) in [7, 11) is 0. The number of hydrogen-bond acceptors (Lipinski definition) is 6. The molecule has 0 unspecified atom stereocenters. The van der Waals surface area contributed by atoms with Crippen molar-refractivity contribution in [1.29, 1.82) is 0 Å². The van der Waals surface area contributed by atoms with Crippen LogP contribution in [0.15, 0.2) is 54.6 Å². The van der Waals surface area contributed by atoms with Crippen LogP contribution in [0.2, 0.25) is 0 Å². The second-order valence-corrected chi connectivity index (χ2v) is 7.45. The Balaban J connectivity index is 1.99. The van der Waals surface area contributed by atoms with Crippen LogP contribution in [-0.2, 0) is 27.4 Å². The molecule has 10 nitrogen and oxygen atoms in total. The molecule has 0 heterocycles. The molecule has 2 aromatic carbocycles. The predicted molar refractivity (Wildman–Crippen MR) is 115 cm³/mol. The van der Waals surface area contributed by atoms with Crippen molar-refractivity contribution in [3.63, 3.8) is 0 Å². The predicted octanol–water partition coefficient (Wildman–Crippen LogP) is 2.66. The first-order chi connectivity index (χ1) is 15.2. The summed E-state index contributed by atoms with van der Waals surface area (Å²) in [5.41, 5.74) is 1.16. The number of hydrogen-bond donors (Lipinski definition) is 3. The van der Waals surface area contributed by atoms with Gasteiger partial charge in [0.25, 0.3) is 5.69 Å². The summed E-state index contributed by atoms with van der Waals surface area (Å²) < 4.78 is 5.14. The van der Waals surface area contributed by atoms with Gasteiger partial charge in [0, 0.05) is 18.6 Å². The molecule has 0 aromatic heterocycles. The van der Waals surface area contributed by atoms with E-state index in [0.29, 0.717) is 5.56 Å². The molecule has 0 radical (unpaired) electrons. The Morgan fingerprint density at radius 2 is 1.62 bits per heavy atom. The number of nitrogens with one attached hydrogen (secondary N) is 2. The largest absolute Gasteiger partial charge is 0.480 e. The van der Waals surface area contributed by atoms with Crippen molar-refractivity contribution in [2.75, 3.05) is 0 Å². The number of aliphatic carboxylic acids is 1. The first kappa shape index (κ1) is 24.3. The zero-order chi connectivity index (χ0) is 23.7. The number of benzene rings is 2. The number of non-ortho nitro benzene ring substituents is 1. The number of carboxylic acid groups (broad SMARTS) is 1. The van der Waals surface area contributed by atoms with Crippen molar-refractivity contribution in [3.8, 4) is 0 Å². The third-order valence-electron chi connectivity index (χ3n) is 4.64. The molecule has 0 spiro atoms. The van der Waals surface area contributed by atoms with E-state index >= 15 is 0 Å². The van der Waals surface area contributed by atoms with Gasteiger partial charge in [-0.25, -0.2) is 9.59 Å². The summed E-state index contributed by atoms with van der Waals surface area (Å²) in [6.07, 6.45) is -0.882. The van der Waals surface area contributed by atoms with Gasteiger partial charge < -0.3 is 20.5 Å². The van der Waals surface area contributed by atoms with E-state index in [2.05, 4.69) is 10.6 Å². The molecule has 10 heteroatoms. The monoisotopic (exact) mass is 443 g/mol. The minimum absolute atomic E-state index is 0.0248. The van der Waals surface area contributed by atoms with E-state index in [9.17, 15) is 29.6 Å². The average Bonchev–Trinajstić information content (AvgIpc) is 2.76. The van der Waals surface area contributed by atoms with Gasteiger partial charge in [-0.1, -0.05) is 56.3 Å². The molecule has 2 rings (SSSR count). The minimum atomic E-state index is -1.28. The number of alkyl carbamates (subject to hydrolysis) is 1. The molecule has 32 heavy (non-hydrogen) atoms. The molecule has 0 aliphatic heterocycles. The number of nitro groups is 1. The van der Waals surface area contributed by atoms with Crippen molar-refractivity contribution < 1.29 is 29.2 Å². The normalized spacial score (nSPS) is 12.5. The highest BCUT2D eigenvalue weighted by Gasteiger charge is 2.29. The first-order valence-electron chi connectivity index (χ1n) is 9.91. The van der Waals surface area contributed by atoms with Gasteiger partial charge in [-0.15, -0.1) is 0 Å². The van der Waals surface area contributed by atoms with Crippen molar-refractivity contribution in [3.05, 3.63) is 75.8 Å². The summed E-state index contributed by atoms with van der Waals surface area (Å²) in [6, 6.07) is 12.1. The van der Waals surface area contributed by atoms with Gasteiger partial charge in [0.15, 0.2) is 0 Å². The van der Waals surface area contributed by atoms with Crippen LogP contribution in [0.1, 0.15) is 25.0 Å². The fourth-order valence-corrected chi connectivity index (χ4v) is 2.88. The topological polar surface area (TPSA) is 148 Å². The van der Waals surface area contributed by atoms with Crippen molar-refractivity contribution in [1.82, 2.24) is 10.6 Å². The lowest BCUT2D eigenvalue weighted by Crippen LogP contribution is -2.54. The van der Waals surface area contributed by atoms with Crippen LogP contribution in [0.4, 0.5) is 10.5 Å². The molecule has 0 aliphatic rings. The molecule has 0 fully saturated rings. The summed E-state index contributed by atoms with van der Waals surface area (Å²) in [5, 5.41) is 25.1. The van der Waals surface area contributed by atoms with Crippen LogP contribution in [0.5, 0.6) is 0 Å². The Hall–Kier alpha value is -3.95. The van der Waals surface area contributed by atoms with Crippen LogP contribution in [0.3, 0.4) is 0 Å². The Kier molecular flexibility index (Phi) is 8.70. The van der Waals surface area contributed by atoms with Crippen LogP contribution in [0, 0.1) is 16.0 Å². The highest BCUT2D eigenvalue weighted by molar-refractivity contribution is 5.89. The van der Waals surface area contributed by atoms with Crippen LogP contribution in [0.25, 0.3) is 0 Å². The number of carboxylic acids is 1. The fraction of sp³-hybridized carbons (Fsp3) is 0.318. The van der Waals surface area contributed by atoms with E-state index in [1.807, 2.05) is 6.07 Å². The number of rotatable bonds is 10. The molecule has 0 bridgehead atoms. The lowest BCUT2D eigenvalue weighted by molar-refractivity contribution is -0.384. The second kappa shape index (κ2) is 11.4. The van der Waals surface area contributed by atoms with Crippen LogP contribution in [-0.4, -0.2) is 40.1 Å². The van der Waals surface area contributed by atoms with Gasteiger partial charge in [0.1, 0.15) is 18.7 Å². The molecule has 0 saturated heterocycles. The number of nitrogens with zero attached hydrogens (tertiary/aromatic N) is 1. The summed E-state index contributed by atoms with van der Waals surface area (Å²) >= 11 is 0. The number of amides is 2. The fourth-order valence-electron chi connectivity index (χ4n) is 2.88. The number of ether oxygens (including phenoxy) is 1. The molecule has 0 aliphatic carbocycles. The molecular formula is C22H25N3O7. The van der Waals surface area contributed by atoms with Crippen LogP contribution < -0.4 is 10.6 Å². The van der Waals surface area contributed by atoms with Crippen LogP contribution >= 0.6 is 0 Å².